The molecule has 1 aliphatic carbocycles. The van der Waals surface area contributed by atoms with Gasteiger partial charge in [0.15, 0.2) is 9.84 Å². The van der Waals surface area contributed by atoms with Crippen LogP contribution in [0.3, 0.4) is 0 Å². The first kappa shape index (κ1) is 22.2. The molecule has 1 saturated carbocycles. The molecule has 0 aliphatic heterocycles. The zero-order valence-corrected chi connectivity index (χ0v) is 17.1. The molecule has 1 aromatic carbocycles. The third-order valence-electron chi connectivity index (χ3n) is 5.15. The van der Waals surface area contributed by atoms with Gasteiger partial charge >= 0.3 is 6.18 Å². The number of aromatic nitrogens is 2. The zero-order valence-electron chi connectivity index (χ0n) is 16.3. The second-order valence-electron chi connectivity index (χ2n) is 7.58. The van der Waals surface area contributed by atoms with Gasteiger partial charge in [-0.3, -0.25) is 4.79 Å². The number of rotatable bonds is 5. The van der Waals surface area contributed by atoms with Crippen LogP contribution in [-0.4, -0.2) is 36.1 Å². The molecule has 0 saturated heterocycles. The van der Waals surface area contributed by atoms with E-state index in [2.05, 4.69) is 15.3 Å². The van der Waals surface area contributed by atoms with E-state index < -0.39 is 27.7 Å². The molecule has 0 bridgehead atoms. The Bertz CT molecular complexity index is 1000. The summed E-state index contributed by atoms with van der Waals surface area (Å²) in [5.41, 5.74) is 0.835. The molecule has 1 aliphatic rings. The average molecular weight is 441 g/mol. The van der Waals surface area contributed by atoms with Crippen LogP contribution in [-0.2, 0) is 16.0 Å². The Kier molecular flexibility index (Phi) is 6.44. The molecule has 0 unspecified atom stereocenters. The number of amides is 1. The van der Waals surface area contributed by atoms with Crippen molar-refractivity contribution < 1.29 is 26.4 Å². The molecule has 0 atom stereocenters. The molecule has 1 amide bonds. The first-order chi connectivity index (χ1) is 14.0. The number of sulfone groups is 1. The molecule has 162 valence electrons. The van der Waals surface area contributed by atoms with Crippen LogP contribution >= 0.6 is 0 Å². The highest BCUT2D eigenvalue weighted by atomic mass is 32.2. The summed E-state index contributed by atoms with van der Waals surface area (Å²) in [6.07, 6.45) is -0.482. The van der Waals surface area contributed by atoms with Gasteiger partial charge in [-0.25, -0.2) is 18.4 Å². The standard InChI is InChI=1S/C20H22F3N3O3S/c1-13-3-2-4-17(9-13)30(28,29)12-14-5-7-16(8-6-14)26-18(27)15-10-24-19(25-11-15)20(21,22)23/h2-4,9-11,14,16H,5-8,12H2,1H3,(H,26,27)/t14-,16-. The fourth-order valence-corrected chi connectivity index (χ4v) is 5.35. The van der Waals surface area contributed by atoms with E-state index in [0.29, 0.717) is 30.6 Å². The lowest BCUT2D eigenvalue weighted by atomic mass is 9.87. The minimum atomic E-state index is -4.66. The number of nitrogens with one attached hydrogen (secondary N) is 1. The summed E-state index contributed by atoms with van der Waals surface area (Å²) in [5.74, 6) is -1.78. The number of nitrogens with zero attached hydrogens (tertiary/aromatic N) is 2. The Morgan fingerprint density at radius 2 is 1.77 bits per heavy atom. The summed E-state index contributed by atoms with van der Waals surface area (Å²) in [6, 6.07) is 6.65. The Hall–Kier alpha value is -2.49. The van der Waals surface area contributed by atoms with E-state index in [0.717, 1.165) is 18.0 Å². The van der Waals surface area contributed by atoms with Gasteiger partial charge in [0, 0.05) is 18.4 Å². The van der Waals surface area contributed by atoms with Crippen molar-refractivity contribution in [1.29, 1.82) is 0 Å². The van der Waals surface area contributed by atoms with Crippen LogP contribution in [0.2, 0.25) is 0 Å². The van der Waals surface area contributed by atoms with Crippen LogP contribution < -0.4 is 5.32 Å². The van der Waals surface area contributed by atoms with Crippen LogP contribution in [0.15, 0.2) is 41.6 Å². The van der Waals surface area contributed by atoms with Crippen molar-refractivity contribution >= 4 is 15.7 Å². The van der Waals surface area contributed by atoms with Gasteiger partial charge in [0.25, 0.3) is 5.91 Å². The fraction of sp³-hybridized carbons (Fsp3) is 0.450. The summed E-state index contributed by atoms with van der Waals surface area (Å²) in [5, 5.41) is 2.77. The average Bonchev–Trinajstić information content (AvgIpc) is 2.69. The van der Waals surface area contributed by atoms with Crippen molar-refractivity contribution in [1.82, 2.24) is 15.3 Å². The van der Waals surface area contributed by atoms with Gasteiger partial charge in [-0.05, 0) is 56.2 Å². The van der Waals surface area contributed by atoms with Crippen molar-refractivity contribution in [3.05, 3.63) is 53.6 Å². The number of halogens is 3. The molecule has 0 radical (unpaired) electrons. The maximum Gasteiger partial charge on any atom is 0.451 e. The monoisotopic (exact) mass is 441 g/mol. The maximum absolute atomic E-state index is 12.6. The summed E-state index contributed by atoms with van der Waals surface area (Å²) < 4.78 is 62.8. The number of hydrogen-bond acceptors (Lipinski definition) is 5. The van der Waals surface area contributed by atoms with Gasteiger partial charge in [-0.2, -0.15) is 13.2 Å². The summed E-state index contributed by atoms with van der Waals surface area (Å²) in [7, 11) is -3.38. The van der Waals surface area contributed by atoms with E-state index >= 15 is 0 Å². The van der Waals surface area contributed by atoms with Crippen molar-refractivity contribution in [2.45, 2.75) is 49.7 Å². The van der Waals surface area contributed by atoms with Gasteiger partial charge in [0.1, 0.15) is 0 Å². The largest absolute Gasteiger partial charge is 0.451 e. The van der Waals surface area contributed by atoms with Gasteiger partial charge < -0.3 is 5.32 Å². The molecule has 30 heavy (non-hydrogen) atoms. The number of carbonyl (C=O) groups excluding carboxylic acids is 1. The van der Waals surface area contributed by atoms with Gasteiger partial charge in [-0.15, -0.1) is 0 Å². The Morgan fingerprint density at radius 1 is 1.13 bits per heavy atom. The van der Waals surface area contributed by atoms with Crippen molar-refractivity contribution in [2.24, 2.45) is 5.92 Å². The van der Waals surface area contributed by atoms with Crippen molar-refractivity contribution in [3.63, 3.8) is 0 Å². The zero-order chi connectivity index (χ0) is 21.9. The molecule has 10 heteroatoms. The highest BCUT2D eigenvalue weighted by Crippen LogP contribution is 2.28. The lowest BCUT2D eigenvalue weighted by molar-refractivity contribution is -0.145. The number of aryl methyl sites for hydroxylation is 1. The highest BCUT2D eigenvalue weighted by Gasteiger charge is 2.34. The molecule has 1 fully saturated rings. The van der Waals surface area contributed by atoms with Gasteiger partial charge in [0.05, 0.1) is 16.2 Å². The van der Waals surface area contributed by atoms with Crippen LogP contribution in [0.1, 0.15) is 47.4 Å². The van der Waals surface area contributed by atoms with Crippen LogP contribution in [0.25, 0.3) is 0 Å². The summed E-state index contributed by atoms with van der Waals surface area (Å²) in [4.78, 5) is 18.9. The van der Waals surface area contributed by atoms with E-state index in [1.165, 1.54) is 0 Å². The lowest BCUT2D eigenvalue weighted by Gasteiger charge is -2.29. The maximum atomic E-state index is 12.6. The predicted molar refractivity (Wildman–Crippen MR) is 103 cm³/mol. The van der Waals surface area contributed by atoms with Gasteiger partial charge in [-0.1, -0.05) is 12.1 Å². The molecular formula is C20H22F3N3O3S. The molecule has 3 rings (SSSR count). The Morgan fingerprint density at radius 3 is 2.33 bits per heavy atom. The van der Waals surface area contributed by atoms with E-state index in [-0.39, 0.29) is 23.3 Å². The normalized spacial score (nSPS) is 20.0. The number of benzene rings is 1. The highest BCUT2D eigenvalue weighted by molar-refractivity contribution is 7.91. The van der Waals surface area contributed by atoms with Crippen LogP contribution in [0.4, 0.5) is 13.2 Å². The molecule has 2 aromatic rings. The minimum Gasteiger partial charge on any atom is -0.349 e. The topological polar surface area (TPSA) is 89.0 Å². The summed E-state index contributed by atoms with van der Waals surface area (Å²) >= 11 is 0. The predicted octanol–water partition coefficient (Wildman–Crippen LogP) is 3.57. The second kappa shape index (κ2) is 8.71. The minimum absolute atomic E-state index is 0.00179. The number of carbonyl (C=O) groups is 1. The Labute approximate surface area is 172 Å². The second-order valence-corrected chi connectivity index (χ2v) is 9.62. The van der Waals surface area contributed by atoms with E-state index in [1.807, 2.05) is 13.0 Å². The molecule has 1 N–H and O–H groups in total. The first-order valence-corrected chi connectivity index (χ1v) is 11.2. The van der Waals surface area contributed by atoms with Crippen molar-refractivity contribution in [2.75, 3.05) is 5.75 Å². The third-order valence-corrected chi connectivity index (χ3v) is 7.04. The third kappa shape index (κ3) is 5.56. The van der Waals surface area contributed by atoms with Crippen LogP contribution in [0.5, 0.6) is 0 Å². The van der Waals surface area contributed by atoms with Crippen molar-refractivity contribution in [3.8, 4) is 0 Å². The lowest BCUT2D eigenvalue weighted by Crippen LogP contribution is -2.38. The van der Waals surface area contributed by atoms with E-state index in [4.69, 9.17) is 0 Å². The van der Waals surface area contributed by atoms with Gasteiger partial charge in [0.2, 0.25) is 5.82 Å². The first-order valence-electron chi connectivity index (χ1n) is 9.54. The van der Waals surface area contributed by atoms with Crippen LogP contribution in [0, 0.1) is 12.8 Å². The van der Waals surface area contributed by atoms with E-state index in [1.54, 1.807) is 18.2 Å². The number of alkyl halides is 3. The molecule has 0 spiro atoms. The number of hydrogen-bond donors (Lipinski definition) is 1. The summed E-state index contributed by atoms with van der Waals surface area (Å²) in [6.45, 7) is 1.84. The smallest absolute Gasteiger partial charge is 0.349 e. The molecular weight excluding hydrogens is 419 g/mol. The molecule has 1 heterocycles. The molecule has 1 aromatic heterocycles. The molecule has 6 nitrogen and oxygen atoms in total. The fourth-order valence-electron chi connectivity index (χ4n) is 3.55. The van der Waals surface area contributed by atoms with E-state index in [9.17, 15) is 26.4 Å². The SMILES string of the molecule is Cc1cccc(S(=O)(=O)C[C@H]2CC[C@H](NC(=O)c3cnc(C(F)(F)F)nc3)CC2)c1. The quantitative estimate of drug-likeness (QED) is 0.766. The Balaban J connectivity index is 1.52.